The van der Waals surface area contributed by atoms with Crippen molar-refractivity contribution in [1.29, 1.82) is 0 Å². The average Bonchev–Trinajstić information content (AvgIpc) is 3.23. The number of β-amino-alcohol motifs (C(OH)–C–C–N with tert-alkyl or cyclic N) is 1. The van der Waals surface area contributed by atoms with Crippen LogP contribution in [0.5, 0.6) is 11.5 Å². The lowest BCUT2D eigenvalue weighted by Crippen LogP contribution is -2.49. The maximum Gasteiger partial charge on any atom is 0.231 e. The Morgan fingerprint density at radius 2 is 1.90 bits per heavy atom. The summed E-state index contributed by atoms with van der Waals surface area (Å²) in [6.07, 6.45) is 4.48. The van der Waals surface area contributed by atoms with E-state index in [4.69, 9.17) is 14.2 Å². The fraction of sp³-hybridized carbons (Fsp3) is 0.680. The smallest absolute Gasteiger partial charge is 0.231 e. The fourth-order valence-corrected chi connectivity index (χ4v) is 5.73. The summed E-state index contributed by atoms with van der Waals surface area (Å²) in [5.74, 6) is 3.23. The van der Waals surface area contributed by atoms with Crippen LogP contribution in [0.3, 0.4) is 0 Å². The van der Waals surface area contributed by atoms with E-state index in [1.807, 2.05) is 6.07 Å². The van der Waals surface area contributed by atoms with Gasteiger partial charge in [-0.1, -0.05) is 26.0 Å². The van der Waals surface area contributed by atoms with Crippen LogP contribution in [0.15, 0.2) is 29.8 Å². The third-order valence-corrected chi connectivity index (χ3v) is 7.94. The van der Waals surface area contributed by atoms with Crippen molar-refractivity contribution in [3.8, 4) is 11.5 Å². The monoisotopic (exact) mass is 428 g/mol. The van der Waals surface area contributed by atoms with Gasteiger partial charge in [0.2, 0.25) is 6.79 Å². The third kappa shape index (κ3) is 4.49. The molecule has 0 aromatic heterocycles. The Bertz CT molecular complexity index is 816. The molecule has 31 heavy (non-hydrogen) atoms. The van der Waals surface area contributed by atoms with E-state index in [0.717, 1.165) is 50.1 Å². The van der Waals surface area contributed by atoms with E-state index < -0.39 is 6.10 Å². The summed E-state index contributed by atoms with van der Waals surface area (Å²) >= 11 is 0. The molecule has 6 rings (SSSR count). The number of hydrogen-bond donors (Lipinski definition) is 1. The topological polar surface area (TPSA) is 54.4 Å². The highest BCUT2D eigenvalue weighted by atomic mass is 16.7. The molecule has 2 bridgehead atoms. The van der Waals surface area contributed by atoms with Gasteiger partial charge in [0.1, 0.15) is 0 Å². The van der Waals surface area contributed by atoms with Crippen molar-refractivity contribution >= 4 is 0 Å². The van der Waals surface area contributed by atoms with Crippen molar-refractivity contribution in [3.05, 3.63) is 35.4 Å². The lowest BCUT2D eigenvalue weighted by molar-refractivity contribution is -0.0275. The number of allylic oxidation sites excluding steroid dienone is 1. The van der Waals surface area contributed by atoms with Gasteiger partial charge in [-0.25, -0.2) is 0 Å². The first-order valence-corrected chi connectivity index (χ1v) is 11.8. The molecule has 2 fully saturated rings. The van der Waals surface area contributed by atoms with Gasteiger partial charge in [0.05, 0.1) is 19.3 Å². The van der Waals surface area contributed by atoms with Gasteiger partial charge in [0.15, 0.2) is 11.5 Å². The van der Waals surface area contributed by atoms with Crippen LogP contribution in [-0.4, -0.2) is 73.7 Å². The molecule has 2 heterocycles. The number of piperazine rings is 1. The molecule has 1 aromatic rings. The van der Waals surface area contributed by atoms with Crippen molar-refractivity contribution in [2.75, 3.05) is 52.7 Å². The molecule has 1 saturated carbocycles. The minimum Gasteiger partial charge on any atom is -0.454 e. The second-order valence-electron chi connectivity index (χ2n) is 10.3. The summed E-state index contributed by atoms with van der Waals surface area (Å²) in [7, 11) is 0. The van der Waals surface area contributed by atoms with E-state index in [2.05, 4.69) is 41.9 Å². The maximum absolute atomic E-state index is 10.5. The van der Waals surface area contributed by atoms with Gasteiger partial charge in [-0.3, -0.25) is 9.80 Å². The molecule has 1 aromatic carbocycles. The van der Waals surface area contributed by atoms with Crippen molar-refractivity contribution in [2.45, 2.75) is 39.3 Å². The maximum atomic E-state index is 10.5. The summed E-state index contributed by atoms with van der Waals surface area (Å²) in [5.41, 5.74) is 3.15. The second kappa shape index (κ2) is 8.74. The Labute approximate surface area is 185 Å². The van der Waals surface area contributed by atoms with Gasteiger partial charge >= 0.3 is 0 Å². The van der Waals surface area contributed by atoms with Crippen LogP contribution in [0, 0.1) is 17.3 Å². The van der Waals surface area contributed by atoms with E-state index >= 15 is 0 Å². The van der Waals surface area contributed by atoms with Gasteiger partial charge in [-0.2, -0.15) is 0 Å². The Morgan fingerprint density at radius 3 is 2.68 bits per heavy atom. The molecule has 1 saturated heterocycles. The van der Waals surface area contributed by atoms with Crippen LogP contribution in [0.4, 0.5) is 0 Å². The van der Waals surface area contributed by atoms with Crippen LogP contribution in [0.1, 0.15) is 32.3 Å². The first-order chi connectivity index (χ1) is 15.0. The van der Waals surface area contributed by atoms with E-state index in [1.54, 1.807) is 0 Å². The fourth-order valence-electron chi connectivity index (χ4n) is 5.73. The molecule has 2 aliphatic heterocycles. The van der Waals surface area contributed by atoms with E-state index in [-0.39, 0.29) is 0 Å². The predicted octanol–water partition coefficient (Wildman–Crippen LogP) is 2.90. The molecule has 5 aliphatic rings. The van der Waals surface area contributed by atoms with E-state index in [0.29, 0.717) is 37.9 Å². The molecule has 170 valence electrons. The number of aliphatic hydroxyl groups excluding tert-OH is 1. The molecular formula is C25H36N2O4. The molecule has 0 amide bonds. The first-order valence-electron chi connectivity index (χ1n) is 11.8. The lowest BCUT2D eigenvalue weighted by atomic mass is 9.49. The summed E-state index contributed by atoms with van der Waals surface area (Å²) < 4.78 is 16.8. The third-order valence-electron chi connectivity index (χ3n) is 7.94. The molecule has 3 atom stereocenters. The number of benzene rings is 1. The number of rotatable bonds is 8. The van der Waals surface area contributed by atoms with Crippen molar-refractivity contribution in [1.82, 2.24) is 9.80 Å². The van der Waals surface area contributed by atoms with Crippen molar-refractivity contribution in [3.63, 3.8) is 0 Å². The Kier molecular flexibility index (Phi) is 5.99. The van der Waals surface area contributed by atoms with Crippen LogP contribution in [0.25, 0.3) is 0 Å². The Balaban J connectivity index is 1.00. The molecule has 0 spiro atoms. The lowest BCUT2D eigenvalue weighted by Gasteiger charge is -2.56. The average molecular weight is 429 g/mol. The first kappa shape index (κ1) is 21.3. The zero-order chi connectivity index (χ0) is 21.4. The Hall–Kier alpha value is -1.60. The molecule has 6 nitrogen and oxygen atoms in total. The largest absolute Gasteiger partial charge is 0.454 e. The highest BCUT2D eigenvalue weighted by molar-refractivity contribution is 5.44. The number of ether oxygens (including phenoxy) is 3. The van der Waals surface area contributed by atoms with Gasteiger partial charge in [0.25, 0.3) is 0 Å². The SMILES string of the molecule is CC1(C)[C@H]2CC=C(COC[C@@H](O)CN3CCN(Cc4ccc5c(c4)OCO5)CC3)[C@H]1C2. The summed E-state index contributed by atoms with van der Waals surface area (Å²) in [6.45, 7) is 11.8. The minimum atomic E-state index is -0.424. The minimum absolute atomic E-state index is 0.320. The molecule has 0 radical (unpaired) electrons. The molecular weight excluding hydrogens is 392 g/mol. The van der Waals surface area contributed by atoms with E-state index in [1.165, 1.54) is 24.0 Å². The highest BCUT2D eigenvalue weighted by Crippen LogP contribution is 2.59. The second-order valence-corrected chi connectivity index (χ2v) is 10.3. The predicted molar refractivity (Wildman–Crippen MR) is 119 cm³/mol. The Morgan fingerprint density at radius 1 is 1.13 bits per heavy atom. The van der Waals surface area contributed by atoms with Crippen LogP contribution in [-0.2, 0) is 11.3 Å². The zero-order valence-corrected chi connectivity index (χ0v) is 18.9. The number of fused-ring (bicyclic) bond motifs is 2. The highest BCUT2D eigenvalue weighted by Gasteiger charge is 2.50. The molecule has 6 heteroatoms. The van der Waals surface area contributed by atoms with Gasteiger partial charge in [-0.15, -0.1) is 0 Å². The van der Waals surface area contributed by atoms with Crippen LogP contribution >= 0.6 is 0 Å². The number of aliphatic hydroxyl groups is 1. The standard InChI is InChI=1S/C25H36N2O4/c1-25(2)20-5-4-19(22(25)12-20)15-29-16-21(28)14-27-9-7-26(8-10-27)13-18-3-6-23-24(11-18)31-17-30-23/h3-4,6,11,20-22,28H,5,7-10,12-17H2,1-2H3/t20-,21-,22+/m0/s1. The van der Waals surface area contributed by atoms with Crippen molar-refractivity contribution in [2.24, 2.45) is 17.3 Å². The van der Waals surface area contributed by atoms with Gasteiger partial charge in [0, 0.05) is 39.3 Å². The van der Waals surface area contributed by atoms with Crippen LogP contribution < -0.4 is 9.47 Å². The summed E-state index contributed by atoms with van der Waals surface area (Å²) in [4.78, 5) is 4.81. The number of nitrogens with zero attached hydrogens (tertiary/aromatic N) is 2. The molecule has 0 unspecified atom stereocenters. The van der Waals surface area contributed by atoms with Gasteiger partial charge in [-0.05, 0) is 53.4 Å². The molecule has 1 N–H and O–H groups in total. The van der Waals surface area contributed by atoms with Crippen LogP contribution in [0.2, 0.25) is 0 Å². The normalized spacial score (nSPS) is 28.2. The van der Waals surface area contributed by atoms with Gasteiger partial charge < -0.3 is 19.3 Å². The summed E-state index contributed by atoms with van der Waals surface area (Å²) in [5, 5.41) is 10.5. The number of hydrogen-bond acceptors (Lipinski definition) is 6. The quantitative estimate of drug-likeness (QED) is 0.643. The summed E-state index contributed by atoms with van der Waals surface area (Å²) in [6, 6.07) is 6.20. The van der Waals surface area contributed by atoms with Crippen molar-refractivity contribution < 1.29 is 19.3 Å². The molecule has 3 aliphatic carbocycles. The zero-order valence-electron chi connectivity index (χ0n) is 18.9. The van der Waals surface area contributed by atoms with E-state index in [9.17, 15) is 5.11 Å².